The fourth-order valence-electron chi connectivity index (χ4n) is 1.65. The van der Waals surface area contributed by atoms with Gasteiger partial charge in [-0.1, -0.05) is 25.4 Å². The molecule has 1 aromatic rings. The first-order valence-corrected chi connectivity index (χ1v) is 6.64. The maximum absolute atomic E-state index is 13.1. The molecule has 0 aromatic heterocycles. The van der Waals surface area contributed by atoms with Crippen LogP contribution in [0, 0.1) is 17.6 Å². The van der Waals surface area contributed by atoms with Crippen LogP contribution in [-0.2, 0) is 0 Å². The van der Waals surface area contributed by atoms with Crippen LogP contribution in [0.3, 0.4) is 0 Å². The number of hydrogen-bond donors (Lipinski definition) is 1. The smallest absolute Gasteiger partial charge is 0.253 e. The zero-order valence-corrected chi connectivity index (χ0v) is 12.0. The van der Waals surface area contributed by atoms with Crippen LogP contribution < -0.4 is 5.32 Å². The summed E-state index contributed by atoms with van der Waals surface area (Å²) in [7, 11) is 0. The molecule has 0 saturated heterocycles. The summed E-state index contributed by atoms with van der Waals surface area (Å²) in [6.45, 7) is 6.07. The first kappa shape index (κ1) is 15.9. The average Bonchev–Trinajstić information content (AvgIpc) is 2.31. The Morgan fingerprint density at radius 2 is 1.79 bits per heavy atom. The highest BCUT2D eigenvalue weighted by Crippen LogP contribution is 2.20. The van der Waals surface area contributed by atoms with Crippen molar-refractivity contribution >= 4 is 17.5 Å². The molecule has 1 amide bonds. The Morgan fingerprint density at radius 1 is 1.21 bits per heavy atom. The predicted molar refractivity (Wildman–Crippen MR) is 72.4 cm³/mol. The lowest BCUT2D eigenvalue weighted by Gasteiger charge is -2.15. The quantitative estimate of drug-likeness (QED) is 0.810. The van der Waals surface area contributed by atoms with Gasteiger partial charge in [0.2, 0.25) is 0 Å². The van der Waals surface area contributed by atoms with Crippen molar-refractivity contribution in [2.24, 2.45) is 5.92 Å². The van der Waals surface area contributed by atoms with Crippen molar-refractivity contribution in [2.75, 3.05) is 0 Å². The number of nitrogens with one attached hydrogen (secondary N) is 1. The van der Waals surface area contributed by atoms with Gasteiger partial charge >= 0.3 is 0 Å². The van der Waals surface area contributed by atoms with Gasteiger partial charge in [0.05, 0.1) is 10.6 Å². The molecule has 0 radical (unpaired) electrons. The predicted octanol–water partition coefficient (Wildman–Crippen LogP) is 4.17. The SMILES string of the molecule is CC(C)CCC(C)NC(=O)c1cc(F)c(F)cc1Cl. The molecule has 1 unspecified atom stereocenters. The Morgan fingerprint density at radius 3 is 2.37 bits per heavy atom. The Hall–Kier alpha value is -1.16. The lowest BCUT2D eigenvalue weighted by Crippen LogP contribution is -2.33. The third-order valence-electron chi connectivity index (χ3n) is 2.81. The zero-order chi connectivity index (χ0) is 14.6. The molecule has 19 heavy (non-hydrogen) atoms. The van der Waals surface area contributed by atoms with Gasteiger partial charge in [0.25, 0.3) is 5.91 Å². The minimum Gasteiger partial charge on any atom is -0.350 e. The highest BCUT2D eigenvalue weighted by atomic mass is 35.5. The van der Waals surface area contributed by atoms with Gasteiger partial charge in [0, 0.05) is 6.04 Å². The summed E-state index contributed by atoms with van der Waals surface area (Å²) in [5.41, 5.74) is -0.0445. The second-order valence-electron chi connectivity index (χ2n) is 5.09. The van der Waals surface area contributed by atoms with Gasteiger partial charge in [-0.15, -0.1) is 0 Å². The molecule has 5 heteroatoms. The Kier molecular flexibility index (Phi) is 5.73. The van der Waals surface area contributed by atoms with E-state index in [0.29, 0.717) is 5.92 Å². The largest absolute Gasteiger partial charge is 0.350 e. The third-order valence-corrected chi connectivity index (χ3v) is 3.12. The van der Waals surface area contributed by atoms with Crippen molar-refractivity contribution < 1.29 is 13.6 Å². The highest BCUT2D eigenvalue weighted by molar-refractivity contribution is 6.33. The van der Waals surface area contributed by atoms with E-state index in [1.807, 2.05) is 6.92 Å². The summed E-state index contributed by atoms with van der Waals surface area (Å²) in [6.07, 6.45) is 1.80. The minimum atomic E-state index is -1.08. The van der Waals surface area contributed by atoms with Crippen LogP contribution in [0.15, 0.2) is 12.1 Å². The fourth-order valence-corrected chi connectivity index (χ4v) is 1.89. The number of hydrogen-bond acceptors (Lipinski definition) is 1. The number of carbonyl (C=O) groups is 1. The summed E-state index contributed by atoms with van der Waals surface area (Å²) in [5.74, 6) is -2.08. The van der Waals surface area contributed by atoms with Gasteiger partial charge in [0.1, 0.15) is 0 Å². The zero-order valence-electron chi connectivity index (χ0n) is 11.3. The molecule has 1 aromatic carbocycles. The van der Waals surface area contributed by atoms with Gasteiger partial charge < -0.3 is 5.32 Å². The molecular weight excluding hydrogens is 272 g/mol. The van der Waals surface area contributed by atoms with Crippen LogP contribution in [0.1, 0.15) is 44.0 Å². The minimum absolute atomic E-state index is 0.0425. The maximum atomic E-state index is 13.1. The van der Waals surface area contributed by atoms with E-state index < -0.39 is 17.5 Å². The van der Waals surface area contributed by atoms with Gasteiger partial charge in [0.15, 0.2) is 11.6 Å². The average molecular weight is 290 g/mol. The van der Waals surface area contributed by atoms with E-state index >= 15 is 0 Å². The van der Waals surface area contributed by atoms with Crippen LogP contribution >= 0.6 is 11.6 Å². The Bertz CT molecular complexity index is 463. The van der Waals surface area contributed by atoms with Crippen molar-refractivity contribution in [1.82, 2.24) is 5.32 Å². The summed E-state index contributed by atoms with van der Waals surface area (Å²) in [5, 5.41) is 2.64. The lowest BCUT2D eigenvalue weighted by molar-refractivity contribution is 0.0937. The van der Waals surface area contributed by atoms with Crippen LogP contribution in [0.4, 0.5) is 8.78 Å². The van der Waals surface area contributed by atoms with Crippen LogP contribution in [0.25, 0.3) is 0 Å². The molecule has 2 nitrogen and oxygen atoms in total. The second kappa shape index (κ2) is 6.85. The molecular formula is C14H18ClF2NO. The molecule has 1 N–H and O–H groups in total. The van der Waals surface area contributed by atoms with Crippen molar-refractivity contribution in [3.05, 3.63) is 34.4 Å². The fraction of sp³-hybridized carbons (Fsp3) is 0.500. The Balaban J connectivity index is 2.70. The van der Waals surface area contributed by atoms with Gasteiger partial charge in [-0.3, -0.25) is 4.79 Å². The molecule has 0 heterocycles. The molecule has 1 atom stereocenters. The monoisotopic (exact) mass is 289 g/mol. The van der Waals surface area contributed by atoms with E-state index in [1.54, 1.807) is 0 Å². The summed E-state index contributed by atoms with van der Waals surface area (Å²) in [4.78, 5) is 11.9. The van der Waals surface area contributed by atoms with E-state index in [0.717, 1.165) is 25.0 Å². The summed E-state index contributed by atoms with van der Waals surface area (Å²) < 4.78 is 26.0. The molecule has 106 valence electrons. The molecule has 1 rings (SSSR count). The second-order valence-corrected chi connectivity index (χ2v) is 5.50. The molecule has 0 saturated carbocycles. The molecule has 0 aliphatic rings. The molecule has 0 bridgehead atoms. The van der Waals surface area contributed by atoms with Gasteiger partial charge in [-0.25, -0.2) is 8.78 Å². The summed E-state index contributed by atoms with van der Waals surface area (Å²) in [6, 6.07) is 1.59. The van der Waals surface area contributed by atoms with Gasteiger partial charge in [-0.2, -0.15) is 0 Å². The number of carbonyl (C=O) groups excluding carboxylic acids is 1. The third kappa shape index (κ3) is 4.78. The molecule has 0 aliphatic carbocycles. The standard InChI is InChI=1S/C14H18ClF2NO/c1-8(2)4-5-9(3)18-14(19)10-6-12(16)13(17)7-11(10)15/h6-9H,4-5H2,1-3H3,(H,18,19). The van der Waals surface area contributed by atoms with E-state index in [2.05, 4.69) is 19.2 Å². The highest BCUT2D eigenvalue weighted by Gasteiger charge is 2.16. The lowest BCUT2D eigenvalue weighted by atomic mass is 10.0. The van der Waals surface area contributed by atoms with Crippen molar-refractivity contribution in [3.8, 4) is 0 Å². The van der Waals surface area contributed by atoms with E-state index in [4.69, 9.17) is 11.6 Å². The Labute approximate surface area is 117 Å². The molecule has 0 fully saturated rings. The van der Waals surface area contributed by atoms with Crippen molar-refractivity contribution in [3.63, 3.8) is 0 Å². The molecule has 0 spiro atoms. The van der Waals surface area contributed by atoms with Gasteiger partial charge in [-0.05, 0) is 37.8 Å². The number of halogens is 3. The van der Waals surface area contributed by atoms with Crippen LogP contribution in [0.2, 0.25) is 5.02 Å². The van der Waals surface area contributed by atoms with Crippen molar-refractivity contribution in [2.45, 2.75) is 39.7 Å². The van der Waals surface area contributed by atoms with Crippen LogP contribution in [-0.4, -0.2) is 11.9 Å². The van der Waals surface area contributed by atoms with E-state index in [9.17, 15) is 13.6 Å². The normalized spacial score (nSPS) is 12.6. The maximum Gasteiger partial charge on any atom is 0.253 e. The number of rotatable bonds is 5. The van der Waals surface area contributed by atoms with E-state index in [-0.39, 0.29) is 16.6 Å². The first-order valence-electron chi connectivity index (χ1n) is 6.26. The number of benzene rings is 1. The first-order chi connectivity index (χ1) is 8.81. The molecule has 0 aliphatic heterocycles. The van der Waals surface area contributed by atoms with Crippen LogP contribution in [0.5, 0.6) is 0 Å². The topological polar surface area (TPSA) is 29.1 Å². The van der Waals surface area contributed by atoms with Crippen molar-refractivity contribution in [1.29, 1.82) is 0 Å². The summed E-state index contributed by atoms with van der Waals surface area (Å²) >= 11 is 5.74. The van der Waals surface area contributed by atoms with E-state index in [1.165, 1.54) is 0 Å². The number of amides is 1.